The lowest BCUT2D eigenvalue weighted by Gasteiger charge is -2.26. The van der Waals surface area contributed by atoms with E-state index in [2.05, 4.69) is 25.7 Å². The molecule has 0 saturated carbocycles. The fraction of sp³-hybridized carbons (Fsp3) is 0.500. The zero-order chi connectivity index (χ0) is 15.3. The van der Waals surface area contributed by atoms with E-state index in [1.807, 2.05) is 29.2 Å². The van der Waals surface area contributed by atoms with Crippen molar-refractivity contribution in [2.75, 3.05) is 19.6 Å². The van der Waals surface area contributed by atoms with E-state index in [-0.39, 0.29) is 5.91 Å². The number of amides is 1. The number of hydrogen-bond donors (Lipinski definition) is 1. The van der Waals surface area contributed by atoms with Crippen LogP contribution < -0.4 is 5.73 Å². The van der Waals surface area contributed by atoms with E-state index >= 15 is 0 Å². The van der Waals surface area contributed by atoms with Gasteiger partial charge in [-0.2, -0.15) is 0 Å². The van der Waals surface area contributed by atoms with Crippen LogP contribution >= 0.6 is 0 Å². The highest BCUT2D eigenvalue weighted by molar-refractivity contribution is 5.94. The summed E-state index contributed by atoms with van der Waals surface area (Å²) < 4.78 is 0. The van der Waals surface area contributed by atoms with Gasteiger partial charge in [0.05, 0.1) is 6.54 Å². The van der Waals surface area contributed by atoms with Crippen molar-refractivity contribution in [2.45, 2.75) is 33.1 Å². The summed E-state index contributed by atoms with van der Waals surface area (Å²) in [6.07, 6.45) is 3.38. The smallest absolute Gasteiger partial charge is 0.253 e. The van der Waals surface area contributed by atoms with Crippen LogP contribution in [0.2, 0.25) is 0 Å². The van der Waals surface area contributed by atoms with Crippen LogP contribution in [0.15, 0.2) is 24.3 Å². The van der Waals surface area contributed by atoms with E-state index < -0.39 is 0 Å². The summed E-state index contributed by atoms with van der Waals surface area (Å²) in [5.41, 5.74) is 7.27. The Kier molecular flexibility index (Phi) is 5.03. The first-order valence-corrected chi connectivity index (χ1v) is 7.72. The molecule has 1 aliphatic heterocycles. The van der Waals surface area contributed by atoms with Gasteiger partial charge < -0.3 is 10.6 Å². The van der Waals surface area contributed by atoms with Crippen LogP contribution in [0.5, 0.6) is 0 Å². The highest BCUT2D eigenvalue weighted by atomic mass is 16.2. The normalized spacial score (nSPS) is 16.4. The molecule has 21 heavy (non-hydrogen) atoms. The number of benzene rings is 1. The zero-order valence-electron chi connectivity index (χ0n) is 13.0. The minimum atomic E-state index is 0.121. The van der Waals surface area contributed by atoms with Crippen LogP contribution in [-0.2, 0) is 0 Å². The molecule has 3 heteroatoms. The Morgan fingerprint density at radius 3 is 2.76 bits per heavy atom. The van der Waals surface area contributed by atoms with Crippen LogP contribution in [0.4, 0.5) is 0 Å². The highest BCUT2D eigenvalue weighted by Gasteiger charge is 2.37. The number of nitrogens with two attached hydrogens (primary N) is 1. The number of carbonyl (C=O) groups is 1. The number of likely N-dealkylation sites (tertiary alicyclic amines) is 1. The van der Waals surface area contributed by atoms with Crippen molar-refractivity contribution in [3.05, 3.63) is 35.4 Å². The molecule has 0 radical (unpaired) electrons. The molecule has 0 aliphatic carbocycles. The molecule has 0 aromatic heterocycles. The number of carbonyl (C=O) groups excluding carboxylic acids is 1. The second-order valence-electron chi connectivity index (χ2n) is 5.77. The molecule has 0 atom stereocenters. The van der Waals surface area contributed by atoms with Gasteiger partial charge in [-0.05, 0) is 42.9 Å². The molecule has 2 rings (SSSR count). The van der Waals surface area contributed by atoms with Crippen molar-refractivity contribution in [3.8, 4) is 11.8 Å². The van der Waals surface area contributed by atoms with Crippen molar-refractivity contribution < 1.29 is 4.79 Å². The molecular formula is C18H24N2O. The van der Waals surface area contributed by atoms with E-state index in [9.17, 15) is 4.79 Å². The predicted octanol–water partition coefficient (Wildman–Crippen LogP) is 2.65. The molecule has 1 aliphatic rings. The Bertz CT molecular complexity index is 564. The Morgan fingerprint density at radius 2 is 2.14 bits per heavy atom. The average Bonchev–Trinajstić information content (AvgIpc) is 2.97. The van der Waals surface area contributed by atoms with Crippen molar-refractivity contribution in [1.29, 1.82) is 0 Å². The molecule has 1 aromatic rings. The summed E-state index contributed by atoms with van der Waals surface area (Å²) in [5, 5.41) is 0. The molecule has 1 amide bonds. The Morgan fingerprint density at radius 1 is 1.38 bits per heavy atom. The third kappa shape index (κ3) is 3.46. The Labute approximate surface area is 127 Å². The maximum atomic E-state index is 12.6. The van der Waals surface area contributed by atoms with Gasteiger partial charge in [0.2, 0.25) is 0 Å². The zero-order valence-corrected chi connectivity index (χ0v) is 13.0. The molecule has 0 unspecified atom stereocenters. The van der Waals surface area contributed by atoms with Crippen LogP contribution in [0, 0.1) is 17.3 Å². The molecule has 112 valence electrons. The van der Waals surface area contributed by atoms with Gasteiger partial charge in [-0.15, -0.1) is 0 Å². The van der Waals surface area contributed by atoms with Gasteiger partial charge in [0.1, 0.15) is 0 Å². The SMILES string of the molecule is CCC1(CC)CCN(C(=O)c2cccc(C#CCN)c2)C1. The van der Waals surface area contributed by atoms with Gasteiger partial charge in [0, 0.05) is 24.2 Å². The summed E-state index contributed by atoms with van der Waals surface area (Å²) in [6, 6.07) is 7.53. The standard InChI is InChI=1S/C18H24N2O/c1-3-18(4-2)10-12-20(14-18)17(21)16-9-5-7-15(13-16)8-6-11-19/h5,7,9,13H,3-4,10-12,14,19H2,1-2H3. The molecule has 2 N–H and O–H groups in total. The van der Waals surface area contributed by atoms with Gasteiger partial charge in [-0.3, -0.25) is 4.79 Å². The number of nitrogens with zero attached hydrogens (tertiary/aromatic N) is 1. The van der Waals surface area contributed by atoms with Gasteiger partial charge >= 0.3 is 0 Å². The quantitative estimate of drug-likeness (QED) is 0.867. The molecule has 1 fully saturated rings. The van der Waals surface area contributed by atoms with Crippen molar-refractivity contribution >= 4 is 5.91 Å². The van der Waals surface area contributed by atoms with E-state index in [1.54, 1.807) is 0 Å². The molecule has 0 bridgehead atoms. The van der Waals surface area contributed by atoms with Crippen LogP contribution in [-0.4, -0.2) is 30.4 Å². The van der Waals surface area contributed by atoms with Crippen LogP contribution in [0.1, 0.15) is 49.0 Å². The molecule has 3 nitrogen and oxygen atoms in total. The average molecular weight is 284 g/mol. The van der Waals surface area contributed by atoms with Crippen LogP contribution in [0.25, 0.3) is 0 Å². The van der Waals surface area contributed by atoms with Gasteiger partial charge in [-0.1, -0.05) is 31.8 Å². The van der Waals surface area contributed by atoms with Gasteiger partial charge in [0.25, 0.3) is 5.91 Å². The number of rotatable bonds is 3. The van der Waals surface area contributed by atoms with Gasteiger partial charge in [-0.25, -0.2) is 0 Å². The predicted molar refractivity (Wildman–Crippen MR) is 85.9 cm³/mol. The second kappa shape index (κ2) is 6.78. The Hall–Kier alpha value is -1.79. The largest absolute Gasteiger partial charge is 0.338 e. The van der Waals surface area contributed by atoms with E-state index in [0.29, 0.717) is 12.0 Å². The van der Waals surface area contributed by atoms with Crippen molar-refractivity contribution in [2.24, 2.45) is 11.1 Å². The Balaban J connectivity index is 2.14. The lowest BCUT2D eigenvalue weighted by Crippen LogP contribution is -2.31. The van der Waals surface area contributed by atoms with E-state index in [4.69, 9.17) is 5.73 Å². The summed E-state index contributed by atoms with van der Waals surface area (Å²) in [7, 11) is 0. The summed E-state index contributed by atoms with van der Waals surface area (Å²) >= 11 is 0. The molecule has 1 aromatic carbocycles. The van der Waals surface area contributed by atoms with E-state index in [0.717, 1.165) is 43.5 Å². The first-order chi connectivity index (χ1) is 10.1. The summed E-state index contributed by atoms with van der Waals surface area (Å²) in [4.78, 5) is 14.6. The molecular weight excluding hydrogens is 260 g/mol. The van der Waals surface area contributed by atoms with Gasteiger partial charge in [0.15, 0.2) is 0 Å². The minimum absolute atomic E-state index is 0.121. The fourth-order valence-corrected chi connectivity index (χ4v) is 3.00. The monoisotopic (exact) mass is 284 g/mol. The highest BCUT2D eigenvalue weighted by Crippen LogP contribution is 2.37. The molecule has 1 saturated heterocycles. The molecule has 1 heterocycles. The van der Waals surface area contributed by atoms with E-state index in [1.165, 1.54) is 0 Å². The first kappa shape index (κ1) is 15.6. The second-order valence-corrected chi connectivity index (χ2v) is 5.77. The summed E-state index contributed by atoms with van der Waals surface area (Å²) in [5.74, 6) is 5.93. The summed E-state index contributed by atoms with van der Waals surface area (Å²) in [6.45, 7) is 6.51. The van der Waals surface area contributed by atoms with Crippen molar-refractivity contribution in [3.63, 3.8) is 0 Å². The minimum Gasteiger partial charge on any atom is -0.338 e. The third-order valence-electron chi connectivity index (χ3n) is 4.67. The lowest BCUT2D eigenvalue weighted by atomic mass is 9.82. The maximum absolute atomic E-state index is 12.6. The van der Waals surface area contributed by atoms with Crippen molar-refractivity contribution in [1.82, 2.24) is 4.90 Å². The first-order valence-electron chi connectivity index (χ1n) is 7.72. The topological polar surface area (TPSA) is 46.3 Å². The number of hydrogen-bond acceptors (Lipinski definition) is 2. The third-order valence-corrected chi connectivity index (χ3v) is 4.67. The van der Waals surface area contributed by atoms with Crippen LogP contribution in [0.3, 0.4) is 0 Å². The fourth-order valence-electron chi connectivity index (χ4n) is 3.00. The lowest BCUT2D eigenvalue weighted by molar-refractivity contribution is 0.0770. The molecule has 0 spiro atoms. The maximum Gasteiger partial charge on any atom is 0.253 e.